The lowest BCUT2D eigenvalue weighted by atomic mass is 10.4. The van der Waals surface area contributed by atoms with Gasteiger partial charge in [0.15, 0.2) is 0 Å². The van der Waals surface area contributed by atoms with Crippen molar-refractivity contribution in [1.29, 1.82) is 0 Å². The summed E-state index contributed by atoms with van der Waals surface area (Å²) in [5.74, 6) is 0.420. The molecule has 0 bridgehead atoms. The molecule has 5 nitrogen and oxygen atoms in total. The Kier molecular flexibility index (Phi) is 6.77. The SMILES string of the molecule is COC(=O)c1sccc1NC(=O)CSCCCO. The first-order chi connectivity index (χ1) is 8.69. The highest BCUT2D eigenvalue weighted by molar-refractivity contribution is 7.99. The van der Waals surface area contributed by atoms with Crippen LogP contribution in [-0.2, 0) is 9.53 Å². The number of thiophene rings is 1. The van der Waals surface area contributed by atoms with E-state index in [2.05, 4.69) is 10.1 Å². The number of ether oxygens (including phenoxy) is 1. The third-order valence-electron chi connectivity index (χ3n) is 1.99. The maximum Gasteiger partial charge on any atom is 0.350 e. The molecule has 0 spiro atoms. The van der Waals surface area contributed by atoms with E-state index in [1.54, 1.807) is 11.4 Å². The molecule has 0 atom stereocenters. The molecule has 0 unspecified atom stereocenters. The number of aliphatic hydroxyl groups excluding tert-OH is 1. The molecule has 0 saturated heterocycles. The number of aliphatic hydroxyl groups is 1. The average molecular weight is 289 g/mol. The minimum absolute atomic E-state index is 0.131. The molecule has 0 aliphatic heterocycles. The molecule has 0 aromatic carbocycles. The molecule has 0 radical (unpaired) electrons. The zero-order valence-electron chi connectivity index (χ0n) is 9.97. The van der Waals surface area contributed by atoms with Crippen LogP contribution in [0.3, 0.4) is 0 Å². The number of hydrogen-bond donors (Lipinski definition) is 2. The van der Waals surface area contributed by atoms with Gasteiger partial charge in [0.1, 0.15) is 4.88 Å². The summed E-state index contributed by atoms with van der Waals surface area (Å²) in [6.07, 6.45) is 0.670. The number of carbonyl (C=O) groups excluding carboxylic acids is 2. The second-order valence-electron chi connectivity index (χ2n) is 3.33. The van der Waals surface area contributed by atoms with E-state index < -0.39 is 5.97 Å². The van der Waals surface area contributed by atoms with Crippen LogP contribution in [-0.4, -0.2) is 42.2 Å². The maximum atomic E-state index is 11.6. The van der Waals surface area contributed by atoms with Gasteiger partial charge in [-0.05, 0) is 23.6 Å². The van der Waals surface area contributed by atoms with Gasteiger partial charge < -0.3 is 15.2 Å². The molecule has 0 saturated carbocycles. The van der Waals surface area contributed by atoms with Crippen LogP contribution in [0, 0.1) is 0 Å². The van der Waals surface area contributed by atoms with Crippen molar-refractivity contribution < 1.29 is 19.4 Å². The highest BCUT2D eigenvalue weighted by Crippen LogP contribution is 2.23. The second-order valence-corrected chi connectivity index (χ2v) is 5.35. The molecule has 2 N–H and O–H groups in total. The summed E-state index contributed by atoms with van der Waals surface area (Å²) in [5.41, 5.74) is 0.486. The van der Waals surface area contributed by atoms with Gasteiger partial charge in [-0.1, -0.05) is 0 Å². The molecular weight excluding hydrogens is 274 g/mol. The van der Waals surface area contributed by atoms with E-state index in [-0.39, 0.29) is 12.5 Å². The van der Waals surface area contributed by atoms with Crippen molar-refractivity contribution in [3.8, 4) is 0 Å². The van der Waals surface area contributed by atoms with Crippen molar-refractivity contribution in [2.45, 2.75) is 6.42 Å². The van der Waals surface area contributed by atoms with Crippen molar-refractivity contribution in [1.82, 2.24) is 0 Å². The molecule has 1 heterocycles. The van der Waals surface area contributed by atoms with Gasteiger partial charge in [0, 0.05) is 6.61 Å². The van der Waals surface area contributed by atoms with E-state index in [9.17, 15) is 9.59 Å². The summed E-state index contributed by atoms with van der Waals surface area (Å²) in [4.78, 5) is 23.4. The van der Waals surface area contributed by atoms with Crippen LogP contribution in [0.2, 0.25) is 0 Å². The van der Waals surface area contributed by atoms with Gasteiger partial charge in [-0.25, -0.2) is 4.79 Å². The normalized spacial score (nSPS) is 10.1. The Hall–Kier alpha value is -1.05. The summed E-state index contributed by atoms with van der Waals surface area (Å²) in [6, 6.07) is 1.67. The number of amides is 1. The number of methoxy groups -OCH3 is 1. The standard InChI is InChI=1S/C11H15NO4S2/c1-16-11(15)10-8(3-6-18-10)12-9(14)7-17-5-2-4-13/h3,6,13H,2,4-5,7H2,1H3,(H,12,14). The molecule has 1 amide bonds. The highest BCUT2D eigenvalue weighted by atomic mass is 32.2. The lowest BCUT2D eigenvalue weighted by Crippen LogP contribution is -2.16. The molecular formula is C11H15NO4S2. The Labute approximate surface area is 114 Å². The quantitative estimate of drug-likeness (QED) is 0.589. The third kappa shape index (κ3) is 4.67. The first-order valence-corrected chi connectivity index (χ1v) is 7.36. The highest BCUT2D eigenvalue weighted by Gasteiger charge is 2.15. The lowest BCUT2D eigenvalue weighted by Gasteiger charge is -2.05. The van der Waals surface area contributed by atoms with E-state index in [4.69, 9.17) is 5.11 Å². The van der Waals surface area contributed by atoms with E-state index >= 15 is 0 Å². The third-order valence-corrected chi connectivity index (χ3v) is 3.93. The van der Waals surface area contributed by atoms with Crippen LogP contribution in [0.5, 0.6) is 0 Å². The summed E-state index contributed by atoms with van der Waals surface area (Å²) >= 11 is 2.67. The summed E-state index contributed by atoms with van der Waals surface area (Å²) in [5, 5.41) is 13.0. The average Bonchev–Trinajstić information content (AvgIpc) is 2.82. The zero-order chi connectivity index (χ0) is 13.4. The number of esters is 1. The predicted molar refractivity (Wildman–Crippen MR) is 73.3 cm³/mol. The van der Waals surface area contributed by atoms with Gasteiger partial charge in [0.05, 0.1) is 18.6 Å². The molecule has 100 valence electrons. The van der Waals surface area contributed by atoms with Crippen LogP contribution in [0.1, 0.15) is 16.1 Å². The molecule has 0 aliphatic rings. The van der Waals surface area contributed by atoms with Gasteiger partial charge >= 0.3 is 5.97 Å². The monoisotopic (exact) mass is 289 g/mol. The fraction of sp³-hybridized carbons (Fsp3) is 0.455. The minimum atomic E-state index is -0.451. The van der Waals surface area contributed by atoms with Crippen LogP contribution in [0.4, 0.5) is 5.69 Å². The van der Waals surface area contributed by atoms with Crippen LogP contribution in [0.15, 0.2) is 11.4 Å². The lowest BCUT2D eigenvalue weighted by molar-refractivity contribution is -0.113. The first-order valence-electron chi connectivity index (χ1n) is 5.33. The van der Waals surface area contributed by atoms with Crippen molar-refractivity contribution >= 4 is 40.7 Å². The van der Waals surface area contributed by atoms with Crippen molar-refractivity contribution in [3.63, 3.8) is 0 Å². The Morgan fingerprint density at radius 3 is 3.00 bits per heavy atom. The minimum Gasteiger partial charge on any atom is -0.465 e. The molecule has 18 heavy (non-hydrogen) atoms. The van der Waals surface area contributed by atoms with Crippen LogP contribution in [0.25, 0.3) is 0 Å². The molecule has 0 fully saturated rings. The number of hydrogen-bond acceptors (Lipinski definition) is 6. The molecule has 1 aromatic heterocycles. The van der Waals surface area contributed by atoms with Crippen molar-refractivity contribution in [2.75, 3.05) is 30.5 Å². The Morgan fingerprint density at radius 2 is 2.33 bits per heavy atom. The number of rotatable bonds is 7. The first kappa shape index (κ1) is 15.0. The van der Waals surface area contributed by atoms with E-state index in [0.717, 1.165) is 5.75 Å². The van der Waals surface area contributed by atoms with Crippen LogP contribution < -0.4 is 5.32 Å². The zero-order valence-corrected chi connectivity index (χ0v) is 11.6. The summed E-state index contributed by atoms with van der Waals surface area (Å²) < 4.78 is 4.62. The van der Waals surface area contributed by atoms with Crippen molar-refractivity contribution in [3.05, 3.63) is 16.3 Å². The smallest absolute Gasteiger partial charge is 0.350 e. The van der Waals surface area contributed by atoms with Crippen molar-refractivity contribution in [2.24, 2.45) is 0 Å². The van der Waals surface area contributed by atoms with E-state index in [0.29, 0.717) is 22.7 Å². The fourth-order valence-corrected chi connectivity index (χ4v) is 2.68. The largest absolute Gasteiger partial charge is 0.465 e. The van der Waals surface area contributed by atoms with Gasteiger partial charge in [-0.2, -0.15) is 11.8 Å². The Morgan fingerprint density at radius 1 is 1.56 bits per heavy atom. The Bertz CT molecular complexity index is 406. The topological polar surface area (TPSA) is 75.6 Å². The number of anilines is 1. The van der Waals surface area contributed by atoms with Gasteiger partial charge in [-0.15, -0.1) is 11.3 Å². The van der Waals surface area contributed by atoms with Gasteiger partial charge in [0.2, 0.25) is 5.91 Å². The van der Waals surface area contributed by atoms with E-state index in [1.807, 2.05) is 0 Å². The number of thioether (sulfide) groups is 1. The van der Waals surface area contributed by atoms with Crippen LogP contribution >= 0.6 is 23.1 Å². The fourth-order valence-electron chi connectivity index (χ4n) is 1.18. The Balaban J connectivity index is 2.44. The molecule has 7 heteroatoms. The molecule has 0 aliphatic carbocycles. The summed E-state index contributed by atoms with van der Waals surface area (Å²) in [6.45, 7) is 0.131. The van der Waals surface area contributed by atoms with E-state index in [1.165, 1.54) is 30.2 Å². The predicted octanol–water partition coefficient (Wildman–Crippen LogP) is 1.59. The number of nitrogens with one attached hydrogen (secondary N) is 1. The molecule has 1 rings (SSSR count). The van der Waals surface area contributed by atoms with Gasteiger partial charge in [-0.3, -0.25) is 4.79 Å². The maximum absolute atomic E-state index is 11.6. The summed E-state index contributed by atoms with van der Waals surface area (Å²) in [7, 11) is 1.30. The van der Waals surface area contributed by atoms with Gasteiger partial charge in [0.25, 0.3) is 0 Å². The second kappa shape index (κ2) is 8.12. The number of carbonyl (C=O) groups is 2. The molecule has 1 aromatic rings.